The molecule has 1 aliphatic rings. The van der Waals surface area contributed by atoms with E-state index in [-0.39, 0.29) is 11.8 Å². The number of rotatable bonds is 4. The van der Waals surface area contributed by atoms with Crippen LogP contribution < -0.4 is 5.73 Å². The first-order valence-electron chi connectivity index (χ1n) is 7.00. The maximum Gasteiger partial charge on any atom is 0.255 e. The maximum absolute atomic E-state index is 12.6. The standard InChI is InChI=1S/C15H18BrClN2O2/c16-11-4-5-12(13(17)8-11)15(21)19-7-1-2-10(9-19)3-6-14(18)20/h4-5,8,10H,1-3,6-7,9H2,(H2,18,20). The molecule has 1 saturated heterocycles. The van der Waals surface area contributed by atoms with Gasteiger partial charge in [-0.2, -0.15) is 0 Å². The van der Waals surface area contributed by atoms with Gasteiger partial charge in [-0.15, -0.1) is 0 Å². The van der Waals surface area contributed by atoms with Crippen LogP contribution in [0.1, 0.15) is 36.0 Å². The highest BCUT2D eigenvalue weighted by atomic mass is 79.9. The van der Waals surface area contributed by atoms with E-state index in [4.69, 9.17) is 17.3 Å². The minimum absolute atomic E-state index is 0.0451. The fourth-order valence-electron chi connectivity index (χ4n) is 2.66. The van der Waals surface area contributed by atoms with Crippen molar-refractivity contribution in [3.8, 4) is 0 Å². The lowest BCUT2D eigenvalue weighted by Crippen LogP contribution is -2.40. The monoisotopic (exact) mass is 372 g/mol. The number of benzene rings is 1. The summed E-state index contributed by atoms with van der Waals surface area (Å²) < 4.78 is 0.849. The first kappa shape index (κ1) is 16.3. The molecule has 2 N–H and O–H groups in total. The first-order valence-corrected chi connectivity index (χ1v) is 8.17. The number of halogens is 2. The van der Waals surface area contributed by atoms with Crippen LogP contribution in [0.4, 0.5) is 0 Å². The van der Waals surface area contributed by atoms with Gasteiger partial charge in [-0.05, 0) is 43.4 Å². The molecule has 21 heavy (non-hydrogen) atoms. The molecule has 0 aromatic heterocycles. The third kappa shape index (κ3) is 4.45. The predicted molar refractivity (Wildman–Crippen MR) is 86.2 cm³/mol. The Morgan fingerprint density at radius 1 is 1.43 bits per heavy atom. The molecule has 1 aromatic rings. The number of primary amides is 1. The van der Waals surface area contributed by atoms with E-state index in [2.05, 4.69) is 15.9 Å². The molecule has 0 saturated carbocycles. The largest absolute Gasteiger partial charge is 0.370 e. The smallest absolute Gasteiger partial charge is 0.255 e. The van der Waals surface area contributed by atoms with Crippen LogP contribution in [-0.4, -0.2) is 29.8 Å². The van der Waals surface area contributed by atoms with E-state index in [1.807, 2.05) is 11.0 Å². The van der Waals surface area contributed by atoms with Gasteiger partial charge in [0.05, 0.1) is 10.6 Å². The van der Waals surface area contributed by atoms with E-state index < -0.39 is 0 Å². The second-order valence-corrected chi connectivity index (χ2v) is 6.71. The number of hydrogen-bond acceptors (Lipinski definition) is 2. The lowest BCUT2D eigenvalue weighted by molar-refractivity contribution is -0.118. The number of nitrogens with zero attached hydrogens (tertiary/aromatic N) is 1. The van der Waals surface area contributed by atoms with Crippen LogP contribution in [0, 0.1) is 5.92 Å². The molecule has 1 unspecified atom stereocenters. The Kier molecular flexibility index (Phi) is 5.65. The fourth-order valence-corrected chi connectivity index (χ4v) is 3.42. The van der Waals surface area contributed by atoms with E-state index in [1.165, 1.54) is 0 Å². The summed E-state index contributed by atoms with van der Waals surface area (Å²) in [7, 11) is 0. The Labute approximate surface area is 137 Å². The van der Waals surface area contributed by atoms with Crippen molar-refractivity contribution in [1.29, 1.82) is 0 Å². The van der Waals surface area contributed by atoms with E-state index in [0.29, 0.717) is 29.5 Å². The lowest BCUT2D eigenvalue weighted by Gasteiger charge is -2.33. The number of likely N-dealkylation sites (tertiary alicyclic amines) is 1. The van der Waals surface area contributed by atoms with Crippen LogP contribution >= 0.6 is 27.5 Å². The van der Waals surface area contributed by atoms with E-state index >= 15 is 0 Å². The molecule has 114 valence electrons. The molecule has 1 atom stereocenters. The summed E-state index contributed by atoms with van der Waals surface area (Å²) in [6, 6.07) is 5.28. The molecule has 2 rings (SSSR count). The third-order valence-electron chi connectivity index (χ3n) is 3.77. The highest BCUT2D eigenvalue weighted by Crippen LogP contribution is 2.26. The van der Waals surface area contributed by atoms with Gasteiger partial charge in [0, 0.05) is 24.0 Å². The quantitative estimate of drug-likeness (QED) is 0.880. The molecule has 2 amide bonds. The number of nitrogens with two attached hydrogens (primary N) is 1. The molecular weight excluding hydrogens is 356 g/mol. The molecular formula is C15H18BrClN2O2. The van der Waals surface area contributed by atoms with Crippen molar-refractivity contribution in [3.63, 3.8) is 0 Å². The van der Waals surface area contributed by atoms with E-state index in [0.717, 1.165) is 30.3 Å². The van der Waals surface area contributed by atoms with Crippen LogP contribution in [0.5, 0.6) is 0 Å². The van der Waals surface area contributed by atoms with Crippen molar-refractivity contribution in [1.82, 2.24) is 4.90 Å². The minimum atomic E-state index is -0.283. The van der Waals surface area contributed by atoms with Crippen molar-refractivity contribution in [3.05, 3.63) is 33.3 Å². The average Bonchev–Trinajstić information content (AvgIpc) is 2.45. The van der Waals surface area contributed by atoms with E-state index in [1.54, 1.807) is 12.1 Å². The van der Waals surface area contributed by atoms with Crippen molar-refractivity contribution < 1.29 is 9.59 Å². The Morgan fingerprint density at radius 3 is 2.86 bits per heavy atom. The van der Waals surface area contributed by atoms with Gasteiger partial charge in [0.15, 0.2) is 0 Å². The second kappa shape index (κ2) is 7.27. The van der Waals surface area contributed by atoms with Crippen molar-refractivity contribution in [2.24, 2.45) is 11.7 Å². The predicted octanol–water partition coefficient (Wildman–Crippen LogP) is 3.22. The minimum Gasteiger partial charge on any atom is -0.370 e. The van der Waals surface area contributed by atoms with Gasteiger partial charge >= 0.3 is 0 Å². The number of carbonyl (C=O) groups excluding carboxylic acids is 2. The van der Waals surface area contributed by atoms with Gasteiger partial charge in [0.1, 0.15) is 0 Å². The van der Waals surface area contributed by atoms with Gasteiger partial charge in [-0.1, -0.05) is 27.5 Å². The van der Waals surface area contributed by atoms with Crippen LogP contribution in [-0.2, 0) is 4.79 Å². The first-order chi connectivity index (χ1) is 9.97. The molecule has 1 aromatic carbocycles. The molecule has 1 heterocycles. The van der Waals surface area contributed by atoms with Gasteiger partial charge in [0.25, 0.3) is 5.91 Å². The van der Waals surface area contributed by atoms with Crippen LogP contribution in [0.3, 0.4) is 0 Å². The summed E-state index contributed by atoms with van der Waals surface area (Å²) in [6.07, 6.45) is 3.10. The normalized spacial score (nSPS) is 18.6. The summed E-state index contributed by atoms with van der Waals surface area (Å²) in [5, 5.41) is 0.452. The van der Waals surface area contributed by atoms with Crippen molar-refractivity contribution >= 4 is 39.3 Å². The Balaban J connectivity index is 2.03. The van der Waals surface area contributed by atoms with Crippen LogP contribution in [0.25, 0.3) is 0 Å². The Morgan fingerprint density at radius 2 is 2.19 bits per heavy atom. The Bertz CT molecular complexity index is 550. The molecule has 0 aliphatic carbocycles. The maximum atomic E-state index is 12.6. The summed E-state index contributed by atoms with van der Waals surface area (Å²) in [5.41, 5.74) is 5.71. The summed E-state index contributed by atoms with van der Waals surface area (Å²) in [5.74, 6) is 0.00935. The second-order valence-electron chi connectivity index (χ2n) is 5.39. The molecule has 0 radical (unpaired) electrons. The molecule has 4 nitrogen and oxygen atoms in total. The zero-order valence-corrected chi connectivity index (χ0v) is 14.0. The number of hydrogen-bond donors (Lipinski definition) is 1. The highest BCUT2D eigenvalue weighted by molar-refractivity contribution is 9.10. The summed E-state index contributed by atoms with van der Waals surface area (Å²) >= 11 is 9.48. The molecule has 0 bridgehead atoms. The van der Waals surface area contributed by atoms with Crippen molar-refractivity contribution in [2.45, 2.75) is 25.7 Å². The third-order valence-corrected chi connectivity index (χ3v) is 4.57. The van der Waals surface area contributed by atoms with Gasteiger partial charge in [-0.3, -0.25) is 9.59 Å². The van der Waals surface area contributed by atoms with Gasteiger partial charge in [-0.25, -0.2) is 0 Å². The average molecular weight is 374 g/mol. The molecule has 0 spiro atoms. The number of carbonyl (C=O) groups is 2. The zero-order chi connectivity index (χ0) is 15.4. The topological polar surface area (TPSA) is 63.4 Å². The SMILES string of the molecule is NC(=O)CCC1CCCN(C(=O)c2ccc(Br)cc2Cl)C1. The summed E-state index contributed by atoms with van der Waals surface area (Å²) in [6.45, 7) is 1.40. The summed E-state index contributed by atoms with van der Waals surface area (Å²) in [4.78, 5) is 25.2. The van der Waals surface area contributed by atoms with Crippen LogP contribution in [0.15, 0.2) is 22.7 Å². The molecule has 6 heteroatoms. The van der Waals surface area contributed by atoms with Crippen molar-refractivity contribution in [2.75, 3.05) is 13.1 Å². The lowest BCUT2D eigenvalue weighted by atomic mass is 9.93. The highest BCUT2D eigenvalue weighted by Gasteiger charge is 2.25. The molecule has 1 aliphatic heterocycles. The van der Waals surface area contributed by atoms with Gasteiger partial charge in [0.2, 0.25) is 5.91 Å². The van der Waals surface area contributed by atoms with Crippen LogP contribution in [0.2, 0.25) is 5.02 Å². The van der Waals surface area contributed by atoms with Gasteiger partial charge < -0.3 is 10.6 Å². The van der Waals surface area contributed by atoms with E-state index in [9.17, 15) is 9.59 Å². The molecule has 1 fully saturated rings. The zero-order valence-electron chi connectivity index (χ0n) is 11.6. The number of piperidine rings is 1. The number of amides is 2. The Hall–Kier alpha value is -1.07. The fraction of sp³-hybridized carbons (Fsp3) is 0.467.